The van der Waals surface area contributed by atoms with E-state index in [1.54, 1.807) is 54.1 Å². The summed E-state index contributed by atoms with van der Waals surface area (Å²) in [5.74, 6) is 0.738. The fourth-order valence-electron chi connectivity index (χ4n) is 2.14. The first-order valence-corrected chi connectivity index (χ1v) is 6.91. The second-order valence-corrected chi connectivity index (χ2v) is 4.89. The number of amides is 1. The van der Waals surface area contributed by atoms with Gasteiger partial charge in [0.15, 0.2) is 5.82 Å². The molecule has 114 valence electrons. The van der Waals surface area contributed by atoms with Crippen LogP contribution in [0.4, 0.5) is 5.69 Å². The van der Waals surface area contributed by atoms with Crippen LogP contribution in [0.2, 0.25) is 0 Å². The molecule has 0 aliphatic heterocycles. The molecule has 0 saturated carbocycles. The Morgan fingerprint density at radius 2 is 2.13 bits per heavy atom. The number of aromatic nitrogens is 3. The molecule has 0 saturated heterocycles. The fourth-order valence-corrected chi connectivity index (χ4v) is 2.14. The standard InChI is InChI=1S/C16H13N5O2/c1-11-18-15(20-23-11)10-21-8-2-3-14(21)16(22)19-13-6-4-12(9-17)5-7-13/h2-8H,10H2,1H3,(H,19,22). The van der Waals surface area contributed by atoms with E-state index >= 15 is 0 Å². The highest BCUT2D eigenvalue weighted by Crippen LogP contribution is 2.12. The topological polar surface area (TPSA) is 96.7 Å². The van der Waals surface area contributed by atoms with Gasteiger partial charge in [0.1, 0.15) is 5.69 Å². The summed E-state index contributed by atoms with van der Waals surface area (Å²) in [5, 5.41) is 15.4. The van der Waals surface area contributed by atoms with Gasteiger partial charge in [-0.2, -0.15) is 10.2 Å². The van der Waals surface area contributed by atoms with Crippen LogP contribution in [0, 0.1) is 18.3 Å². The van der Waals surface area contributed by atoms with E-state index in [-0.39, 0.29) is 5.91 Å². The molecule has 0 aliphatic carbocycles. The van der Waals surface area contributed by atoms with Crippen molar-refractivity contribution in [1.82, 2.24) is 14.7 Å². The third-order valence-electron chi connectivity index (χ3n) is 3.22. The maximum Gasteiger partial charge on any atom is 0.272 e. The molecule has 2 heterocycles. The lowest BCUT2D eigenvalue weighted by atomic mass is 10.2. The summed E-state index contributed by atoms with van der Waals surface area (Å²) in [7, 11) is 0. The Morgan fingerprint density at radius 1 is 1.35 bits per heavy atom. The SMILES string of the molecule is Cc1nc(Cn2cccc2C(=O)Nc2ccc(C#N)cc2)no1. The number of benzene rings is 1. The maximum atomic E-state index is 12.4. The second-order valence-electron chi connectivity index (χ2n) is 4.89. The number of hydrogen-bond donors (Lipinski definition) is 1. The van der Waals surface area contributed by atoms with Crippen molar-refractivity contribution >= 4 is 11.6 Å². The van der Waals surface area contributed by atoms with Gasteiger partial charge in [-0.25, -0.2) is 0 Å². The average Bonchev–Trinajstić information content (AvgIpc) is 3.17. The number of nitriles is 1. The summed E-state index contributed by atoms with van der Waals surface area (Å²) in [6, 6.07) is 12.2. The molecule has 0 bridgehead atoms. The lowest BCUT2D eigenvalue weighted by Crippen LogP contribution is -2.17. The lowest BCUT2D eigenvalue weighted by molar-refractivity contribution is 0.101. The van der Waals surface area contributed by atoms with Crippen molar-refractivity contribution < 1.29 is 9.32 Å². The largest absolute Gasteiger partial charge is 0.340 e. The number of hydrogen-bond acceptors (Lipinski definition) is 5. The summed E-state index contributed by atoms with van der Waals surface area (Å²) >= 11 is 0. The van der Waals surface area contributed by atoms with Crippen LogP contribution in [-0.4, -0.2) is 20.6 Å². The monoisotopic (exact) mass is 307 g/mol. The number of rotatable bonds is 4. The molecule has 1 N–H and O–H groups in total. The quantitative estimate of drug-likeness (QED) is 0.798. The first kappa shape index (κ1) is 14.5. The predicted molar refractivity (Wildman–Crippen MR) is 81.7 cm³/mol. The highest BCUT2D eigenvalue weighted by molar-refractivity contribution is 6.03. The third kappa shape index (κ3) is 3.27. The van der Waals surface area contributed by atoms with Crippen molar-refractivity contribution in [1.29, 1.82) is 5.26 Å². The van der Waals surface area contributed by atoms with E-state index in [0.29, 0.717) is 35.2 Å². The van der Waals surface area contributed by atoms with Gasteiger partial charge in [-0.1, -0.05) is 5.16 Å². The highest BCUT2D eigenvalue weighted by Gasteiger charge is 2.13. The van der Waals surface area contributed by atoms with Gasteiger partial charge in [-0.05, 0) is 36.4 Å². The Balaban J connectivity index is 1.75. The Labute approximate surface area is 132 Å². The van der Waals surface area contributed by atoms with E-state index in [1.807, 2.05) is 6.07 Å². The number of nitrogens with one attached hydrogen (secondary N) is 1. The Kier molecular flexibility index (Phi) is 3.89. The van der Waals surface area contributed by atoms with E-state index in [0.717, 1.165) is 0 Å². The molecule has 0 spiro atoms. The molecule has 1 aromatic carbocycles. The normalized spacial score (nSPS) is 10.3. The van der Waals surface area contributed by atoms with Crippen LogP contribution in [0.5, 0.6) is 0 Å². The van der Waals surface area contributed by atoms with Crippen LogP contribution in [-0.2, 0) is 6.54 Å². The van der Waals surface area contributed by atoms with Gasteiger partial charge in [0.05, 0.1) is 18.2 Å². The zero-order chi connectivity index (χ0) is 16.2. The third-order valence-corrected chi connectivity index (χ3v) is 3.22. The molecule has 0 fully saturated rings. The first-order valence-electron chi connectivity index (χ1n) is 6.91. The maximum absolute atomic E-state index is 12.4. The average molecular weight is 307 g/mol. The number of anilines is 1. The van der Waals surface area contributed by atoms with Crippen LogP contribution in [0.25, 0.3) is 0 Å². The zero-order valence-corrected chi connectivity index (χ0v) is 12.4. The van der Waals surface area contributed by atoms with Crippen LogP contribution in [0.3, 0.4) is 0 Å². The fraction of sp³-hybridized carbons (Fsp3) is 0.125. The summed E-state index contributed by atoms with van der Waals surface area (Å²) in [4.78, 5) is 16.5. The van der Waals surface area contributed by atoms with Gasteiger partial charge in [-0.3, -0.25) is 4.79 Å². The van der Waals surface area contributed by atoms with Crippen molar-refractivity contribution in [2.75, 3.05) is 5.32 Å². The Hall–Kier alpha value is -3.40. The number of aryl methyl sites for hydroxylation is 1. The highest BCUT2D eigenvalue weighted by atomic mass is 16.5. The molecule has 3 rings (SSSR count). The minimum Gasteiger partial charge on any atom is -0.340 e. The first-order chi connectivity index (χ1) is 11.2. The second kappa shape index (κ2) is 6.15. The van der Waals surface area contributed by atoms with Crippen LogP contribution in [0.15, 0.2) is 47.1 Å². The van der Waals surface area contributed by atoms with Crippen molar-refractivity contribution in [3.05, 3.63) is 65.6 Å². The molecule has 2 aromatic heterocycles. The van der Waals surface area contributed by atoms with Gasteiger partial charge in [-0.15, -0.1) is 0 Å². The van der Waals surface area contributed by atoms with Gasteiger partial charge in [0.2, 0.25) is 5.89 Å². The molecule has 1 amide bonds. The van der Waals surface area contributed by atoms with Gasteiger partial charge >= 0.3 is 0 Å². The van der Waals surface area contributed by atoms with Gasteiger partial charge in [0, 0.05) is 18.8 Å². The molecule has 0 radical (unpaired) electrons. The summed E-state index contributed by atoms with van der Waals surface area (Å²) in [5.41, 5.74) is 1.65. The molecule has 0 atom stereocenters. The van der Waals surface area contributed by atoms with Gasteiger partial charge < -0.3 is 14.4 Å². The van der Waals surface area contributed by atoms with Crippen molar-refractivity contribution in [2.24, 2.45) is 0 Å². The molecule has 0 unspecified atom stereocenters. The van der Waals surface area contributed by atoms with Crippen molar-refractivity contribution in [3.63, 3.8) is 0 Å². The molecule has 23 heavy (non-hydrogen) atoms. The van der Waals surface area contributed by atoms with Crippen molar-refractivity contribution in [2.45, 2.75) is 13.5 Å². The van der Waals surface area contributed by atoms with Crippen molar-refractivity contribution in [3.8, 4) is 6.07 Å². The lowest BCUT2D eigenvalue weighted by Gasteiger charge is -2.08. The smallest absolute Gasteiger partial charge is 0.272 e. The zero-order valence-electron chi connectivity index (χ0n) is 12.4. The van der Waals surface area contributed by atoms with Crippen LogP contribution >= 0.6 is 0 Å². The number of carbonyl (C=O) groups excluding carboxylic acids is 1. The minimum atomic E-state index is -0.250. The summed E-state index contributed by atoms with van der Waals surface area (Å²) < 4.78 is 6.67. The minimum absolute atomic E-state index is 0.250. The van der Waals surface area contributed by atoms with E-state index in [1.165, 1.54) is 0 Å². The van der Waals surface area contributed by atoms with E-state index in [4.69, 9.17) is 9.78 Å². The summed E-state index contributed by atoms with van der Waals surface area (Å²) in [6.07, 6.45) is 1.78. The number of carbonyl (C=O) groups is 1. The Bertz CT molecular complexity index is 871. The van der Waals surface area contributed by atoms with Crippen LogP contribution in [0.1, 0.15) is 27.8 Å². The molecule has 7 nitrogen and oxygen atoms in total. The molecular formula is C16H13N5O2. The molecule has 0 aliphatic rings. The van der Waals surface area contributed by atoms with Crippen LogP contribution < -0.4 is 5.32 Å². The molecule has 7 heteroatoms. The molecule has 3 aromatic rings. The van der Waals surface area contributed by atoms with E-state index < -0.39 is 0 Å². The summed E-state index contributed by atoms with van der Waals surface area (Å²) in [6.45, 7) is 2.06. The number of nitrogens with zero attached hydrogens (tertiary/aromatic N) is 4. The Morgan fingerprint density at radius 3 is 2.78 bits per heavy atom. The van der Waals surface area contributed by atoms with E-state index in [2.05, 4.69) is 15.5 Å². The van der Waals surface area contributed by atoms with E-state index in [9.17, 15) is 4.79 Å². The van der Waals surface area contributed by atoms with Gasteiger partial charge in [0.25, 0.3) is 5.91 Å². The predicted octanol–water partition coefficient (Wildman–Crippen LogP) is 2.35. The molecular weight excluding hydrogens is 294 g/mol.